The van der Waals surface area contributed by atoms with Crippen LogP contribution >= 0.6 is 22.7 Å². The summed E-state index contributed by atoms with van der Waals surface area (Å²) in [6.45, 7) is 5.99. The van der Waals surface area contributed by atoms with Crippen molar-refractivity contribution in [2.45, 2.75) is 39.7 Å². The van der Waals surface area contributed by atoms with Crippen LogP contribution in [0, 0.1) is 19.7 Å². The predicted molar refractivity (Wildman–Crippen MR) is 108 cm³/mol. The molecule has 3 rings (SSSR count). The zero-order chi connectivity index (χ0) is 19.6. The van der Waals surface area contributed by atoms with Crippen LogP contribution in [0.4, 0.5) is 4.39 Å². The molecule has 3 aromatic rings. The van der Waals surface area contributed by atoms with Gasteiger partial charge in [-0.2, -0.15) is 0 Å². The van der Waals surface area contributed by atoms with E-state index in [2.05, 4.69) is 9.97 Å². The molecule has 0 fully saturated rings. The molecule has 0 aliphatic rings. The molecule has 0 spiro atoms. The third-order valence-corrected chi connectivity index (χ3v) is 6.63. The van der Waals surface area contributed by atoms with Crippen molar-refractivity contribution >= 4 is 28.6 Å². The zero-order valence-electron chi connectivity index (χ0n) is 15.8. The van der Waals surface area contributed by atoms with Crippen LogP contribution in [0.5, 0.6) is 0 Å². The fraction of sp³-hybridized carbons (Fsp3) is 0.350. The SMILES string of the molecule is Cc1nc(C)c(C(C)N(C)C(=O)Cc2csc(Cc3ccc(F)cc3)n2)s1. The summed E-state index contributed by atoms with van der Waals surface area (Å²) in [4.78, 5) is 24.6. The molecule has 1 unspecified atom stereocenters. The lowest BCUT2D eigenvalue weighted by atomic mass is 10.1. The van der Waals surface area contributed by atoms with Gasteiger partial charge in [-0.05, 0) is 38.5 Å². The topological polar surface area (TPSA) is 46.1 Å². The summed E-state index contributed by atoms with van der Waals surface area (Å²) >= 11 is 3.16. The van der Waals surface area contributed by atoms with Gasteiger partial charge in [0.25, 0.3) is 0 Å². The minimum atomic E-state index is -0.243. The number of carbonyl (C=O) groups is 1. The highest BCUT2D eigenvalue weighted by Gasteiger charge is 2.22. The molecule has 0 aliphatic carbocycles. The van der Waals surface area contributed by atoms with Gasteiger partial charge in [-0.3, -0.25) is 4.79 Å². The number of hydrogen-bond donors (Lipinski definition) is 0. The number of nitrogens with zero attached hydrogens (tertiary/aromatic N) is 3. The van der Waals surface area contributed by atoms with E-state index in [9.17, 15) is 9.18 Å². The molecule has 4 nitrogen and oxygen atoms in total. The van der Waals surface area contributed by atoms with Crippen molar-refractivity contribution in [3.8, 4) is 0 Å². The second-order valence-electron chi connectivity index (χ2n) is 6.58. The standard InChI is InChI=1S/C20H22FN3OS2/c1-12-20(27-14(3)22-12)13(2)24(4)19(25)10-17-11-26-18(23-17)9-15-5-7-16(21)8-6-15/h5-8,11,13H,9-10H2,1-4H3. The maximum Gasteiger partial charge on any atom is 0.228 e. The predicted octanol–water partition coefficient (Wildman–Crippen LogP) is 4.71. The van der Waals surface area contributed by atoms with Crippen LogP contribution in [0.25, 0.3) is 0 Å². The first kappa shape index (κ1) is 19.6. The van der Waals surface area contributed by atoms with Gasteiger partial charge in [0, 0.05) is 23.7 Å². The average molecular weight is 404 g/mol. The molecule has 1 amide bonds. The molecule has 2 heterocycles. The Morgan fingerprint density at radius 1 is 1.22 bits per heavy atom. The molecule has 142 valence electrons. The van der Waals surface area contributed by atoms with Crippen LogP contribution in [-0.4, -0.2) is 27.8 Å². The lowest BCUT2D eigenvalue weighted by Crippen LogP contribution is -2.31. The number of aromatic nitrogens is 2. The van der Waals surface area contributed by atoms with Crippen molar-refractivity contribution in [1.29, 1.82) is 0 Å². The third kappa shape index (κ3) is 4.78. The van der Waals surface area contributed by atoms with Gasteiger partial charge in [-0.1, -0.05) is 12.1 Å². The number of rotatable bonds is 6. The molecule has 7 heteroatoms. The Morgan fingerprint density at radius 3 is 2.56 bits per heavy atom. The molecule has 0 bridgehead atoms. The van der Waals surface area contributed by atoms with Gasteiger partial charge >= 0.3 is 0 Å². The molecule has 0 saturated carbocycles. The van der Waals surface area contributed by atoms with Gasteiger partial charge in [-0.25, -0.2) is 14.4 Å². The summed E-state index contributed by atoms with van der Waals surface area (Å²) < 4.78 is 13.0. The number of hydrogen-bond acceptors (Lipinski definition) is 5. The number of aryl methyl sites for hydroxylation is 2. The summed E-state index contributed by atoms with van der Waals surface area (Å²) in [7, 11) is 1.83. The first-order valence-electron chi connectivity index (χ1n) is 8.70. The molecular formula is C20H22FN3OS2. The van der Waals surface area contributed by atoms with Crippen LogP contribution < -0.4 is 0 Å². The number of thiazole rings is 2. The minimum Gasteiger partial charge on any atom is -0.338 e. The van der Waals surface area contributed by atoms with Gasteiger partial charge in [0.15, 0.2) is 0 Å². The molecule has 0 radical (unpaired) electrons. The van der Waals surface area contributed by atoms with Crippen molar-refractivity contribution in [3.63, 3.8) is 0 Å². The molecule has 0 aliphatic heterocycles. The number of carbonyl (C=O) groups excluding carboxylic acids is 1. The van der Waals surface area contributed by atoms with E-state index in [0.717, 1.165) is 31.8 Å². The maximum absolute atomic E-state index is 13.0. The van der Waals surface area contributed by atoms with Crippen molar-refractivity contribution in [1.82, 2.24) is 14.9 Å². The molecule has 2 aromatic heterocycles. The lowest BCUT2D eigenvalue weighted by molar-refractivity contribution is -0.131. The minimum absolute atomic E-state index is 0.0129. The molecule has 0 N–H and O–H groups in total. The van der Waals surface area contributed by atoms with Gasteiger partial charge in [0.2, 0.25) is 5.91 Å². The van der Waals surface area contributed by atoms with Crippen LogP contribution in [0.15, 0.2) is 29.6 Å². The van der Waals surface area contributed by atoms with E-state index in [1.165, 1.54) is 23.5 Å². The Labute approximate surface area is 166 Å². The lowest BCUT2D eigenvalue weighted by Gasteiger charge is -2.24. The van der Waals surface area contributed by atoms with Crippen molar-refractivity contribution in [2.75, 3.05) is 7.05 Å². The van der Waals surface area contributed by atoms with Crippen molar-refractivity contribution < 1.29 is 9.18 Å². The quantitative estimate of drug-likeness (QED) is 0.599. The van der Waals surface area contributed by atoms with E-state index >= 15 is 0 Å². The first-order chi connectivity index (χ1) is 12.8. The fourth-order valence-corrected chi connectivity index (χ4v) is 4.75. The highest BCUT2D eigenvalue weighted by atomic mass is 32.1. The molecule has 1 aromatic carbocycles. The summed E-state index contributed by atoms with van der Waals surface area (Å²) in [5, 5.41) is 3.87. The molecule has 0 saturated heterocycles. The first-order valence-corrected chi connectivity index (χ1v) is 10.4. The summed E-state index contributed by atoms with van der Waals surface area (Å²) in [6.07, 6.45) is 0.919. The number of likely N-dealkylation sites (N-methyl/N-ethyl adjacent to an activating group) is 1. The Kier molecular flexibility index (Phi) is 6.01. The second-order valence-corrected chi connectivity index (χ2v) is 8.75. The fourth-order valence-electron chi connectivity index (χ4n) is 2.89. The third-order valence-electron chi connectivity index (χ3n) is 4.49. The second kappa shape index (κ2) is 8.27. The Bertz CT molecular complexity index is 933. The number of halogens is 1. The van der Waals surface area contributed by atoms with Crippen LogP contribution in [0.3, 0.4) is 0 Å². The van der Waals surface area contributed by atoms with Crippen LogP contribution in [0.1, 0.15) is 44.8 Å². The highest BCUT2D eigenvalue weighted by molar-refractivity contribution is 7.11. The zero-order valence-corrected chi connectivity index (χ0v) is 17.5. The number of amides is 1. The summed E-state index contributed by atoms with van der Waals surface area (Å²) in [6, 6.07) is 6.41. The van der Waals surface area contributed by atoms with Crippen molar-refractivity contribution in [2.24, 2.45) is 0 Å². The summed E-state index contributed by atoms with van der Waals surface area (Å²) in [5.41, 5.74) is 2.77. The van der Waals surface area contributed by atoms with E-state index in [4.69, 9.17) is 0 Å². The van der Waals surface area contributed by atoms with E-state index in [0.29, 0.717) is 6.42 Å². The Balaban J connectivity index is 1.63. The smallest absolute Gasteiger partial charge is 0.228 e. The summed E-state index contributed by atoms with van der Waals surface area (Å²) in [5.74, 6) is -0.209. The normalized spacial score (nSPS) is 12.2. The average Bonchev–Trinajstić information content (AvgIpc) is 3.21. The van der Waals surface area contributed by atoms with Crippen LogP contribution in [-0.2, 0) is 17.6 Å². The van der Waals surface area contributed by atoms with Crippen molar-refractivity contribution in [3.05, 3.63) is 67.3 Å². The Hall–Kier alpha value is -2.12. The maximum atomic E-state index is 13.0. The van der Waals surface area contributed by atoms with Gasteiger partial charge in [-0.15, -0.1) is 22.7 Å². The van der Waals surface area contributed by atoms with Gasteiger partial charge in [0.05, 0.1) is 33.9 Å². The van der Waals surface area contributed by atoms with Gasteiger partial charge < -0.3 is 4.90 Å². The van der Waals surface area contributed by atoms with Crippen LogP contribution in [0.2, 0.25) is 0 Å². The molecular weight excluding hydrogens is 381 g/mol. The van der Waals surface area contributed by atoms with E-state index in [1.807, 2.05) is 33.2 Å². The molecule has 1 atom stereocenters. The molecule has 27 heavy (non-hydrogen) atoms. The van der Waals surface area contributed by atoms with E-state index in [-0.39, 0.29) is 24.2 Å². The Morgan fingerprint density at radius 2 is 1.93 bits per heavy atom. The largest absolute Gasteiger partial charge is 0.338 e. The number of benzene rings is 1. The highest BCUT2D eigenvalue weighted by Crippen LogP contribution is 2.28. The van der Waals surface area contributed by atoms with Gasteiger partial charge in [0.1, 0.15) is 5.82 Å². The monoisotopic (exact) mass is 403 g/mol. The van der Waals surface area contributed by atoms with E-state index in [1.54, 1.807) is 28.4 Å². The van der Waals surface area contributed by atoms with E-state index < -0.39 is 0 Å².